The van der Waals surface area contributed by atoms with Gasteiger partial charge in [0.25, 0.3) is 12.3 Å². The number of carbonyl (C=O) groups is 2. The second-order valence-corrected chi connectivity index (χ2v) is 6.25. The van der Waals surface area contributed by atoms with Crippen LogP contribution >= 0.6 is 0 Å². The highest BCUT2D eigenvalue weighted by molar-refractivity contribution is 6.06. The highest BCUT2D eigenvalue weighted by Gasteiger charge is 2.23. The van der Waals surface area contributed by atoms with Crippen molar-refractivity contribution in [3.63, 3.8) is 0 Å². The van der Waals surface area contributed by atoms with Crippen LogP contribution in [0, 0.1) is 6.04 Å². The molecule has 0 bridgehead atoms. The molecule has 0 saturated heterocycles. The Morgan fingerprint density at radius 1 is 1.37 bits per heavy atom. The summed E-state index contributed by atoms with van der Waals surface area (Å²) in [5.41, 5.74) is 1.62. The standard InChI is InChI=1S/C19H19F2N4O2.H2/c1-25-17(26)8-7-16(24-25)23-19(27)15-6-5-13(11-22-15)9-12-3-2-4-14(10-12)18(20)21;/h2-6,10-11,18,22H,7-9H2,1H3,(H,23,24,27);1H. The van der Waals surface area contributed by atoms with Gasteiger partial charge in [-0.3, -0.25) is 9.59 Å². The molecule has 8 heteroatoms. The molecule has 1 aromatic rings. The summed E-state index contributed by atoms with van der Waals surface area (Å²) in [6.07, 6.45) is 3.71. The summed E-state index contributed by atoms with van der Waals surface area (Å²) in [5, 5.41) is 10.8. The fourth-order valence-corrected chi connectivity index (χ4v) is 2.74. The van der Waals surface area contributed by atoms with Crippen molar-refractivity contribution in [2.75, 3.05) is 7.05 Å². The van der Waals surface area contributed by atoms with Crippen LogP contribution in [0.2, 0.25) is 0 Å². The van der Waals surface area contributed by atoms with Crippen molar-refractivity contribution in [1.29, 1.82) is 0 Å². The van der Waals surface area contributed by atoms with Crippen LogP contribution in [-0.4, -0.2) is 29.7 Å². The highest BCUT2D eigenvalue weighted by atomic mass is 19.3. The number of hydrazone groups is 1. The molecular formula is C19H21F2N4O2. The third kappa shape index (κ3) is 4.78. The number of amides is 2. The molecule has 0 aliphatic carbocycles. The van der Waals surface area contributed by atoms with Gasteiger partial charge in [0, 0.05) is 33.1 Å². The lowest BCUT2D eigenvalue weighted by atomic mass is 10.0. The molecule has 2 aliphatic heterocycles. The van der Waals surface area contributed by atoms with Gasteiger partial charge >= 0.3 is 0 Å². The number of nitrogens with one attached hydrogen (secondary N) is 2. The first kappa shape index (κ1) is 18.8. The van der Waals surface area contributed by atoms with E-state index in [1.807, 2.05) is 0 Å². The number of hydrogen-bond donors (Lipinski definition) is 2. The third-order valence-electron chi connectivity index (χ3n) is 4.20. The molecule has 2 aliphatic rings. The van der Waals surface area contributed by atoms with Crippen LogP contribution in [0.15, 0.2) is 53.3 Å². The van der Waals surface area contributed by atoms with E-state index in [0.29, 0.717) is 31.1 Å². The fourth-order valence-electron chi connectivity index (χ4n) is 2.74. The van der Waals surface area contributed by atoms with E-state index in [-0.39, 0.29) is 18.8 Å². The minimum absolute atomic E-state index is 0. The molecule has 0 unspecified atom stereocenters. The van der Waals surface area contributed by atoms with Crippen LogP contribution in [0.1, 0.15) is 31.8 Å². The number of rotatable bonds is 4. The second-order valence-electron chi connectivity index (χ2n) is 6.25. The molecule has 1 aromatic carbocycles. The summed E-state index contributed by atoms with van der Waals surface area (Å²) in [4.78, 5) is 23.7. The van der Waals surface area contributed by atoms with Crippen molar-refractivity contribution >= 4 is 17.6 Å². The molecule has 1 radical (unpaired) electrons. The van der Waals surface area contributed by atoms with Crippen molar-refractivity contribution in [2.24, 2.45) is 5.10 Å². The van der Waals surface area contributed by atoms with Crippen LogP contribution in [0.4, 0.5) is 8.78 Å². The lowest BCUT2D eigenvalue weighted by Crippen LogP contribution is -2.42. The second kappa shape index (κ2) is 8.11. The van der Waals surface area contributed by atoms with Gasteiger partial charge in [0.05, 0.1) is 0 Å². The highest BCUT2D eigenvalue weighted by Crippen LogP contribution is 2.22. The zero-order valence-corrected chi connectivity index (χ0v) is 14.7. The number of carbonyl (C=O) groups excluding carboxylic acids is 2. The van der Waals surface area contributed by atoms with Crippen molar-refractivity contribution < 1.29 is 19.8 Å². The number of hydrogen-bond acceptors (Lipinski definition) is 4. The van der Waals surface area contributed by atoms with Gasteiger partial charge in [-0.1, -0.05) is 24.3 Å². The summed E-state index contributed by atoms with van der Waals surface area (Å²) in [7, 11) is 1.54. The maximum atomic E-state index is 12.8. The number of benzene rings is 1. The van der Waals surface area contributed by atoms with Crippen LogP contribution in [0.5, 0.6) is 0 Å². The average Bonchev–Trinajstić information content (AvgIpc) is 2.65. The topological polar surface area (TPSA) is 73.8 Å². The maximum Gasteiger partial charge on any atom is 0.263 e. The van der Waals surface area contributed by atoms with Crippen molar-refractivity contribution in [2.45, 2.75) is 25.7 Å². The SMILES string of the molecule is CN1N=C(NC(=O)[C]2C=CC(Cc3cccc(C(F)F)c3)=CN2)CCC1=O.[HH]. The van der Waals surface area contributed by atoms with E-state index in [1.165, 1.54) is 24.2 Å². The van der Waals surface area contributed by atoms with Crippen molar-refractivity contribution in [3.8, 4) is 0 Å². The van der Waals surface area contributed by atoms with Gasteiger partial charge < -0.3 is 10.6 Å². The van der Waals surface area contributed by atoms with Crippen molar-refractivity contribution in [1.82, 2.24) is 15.6 Å². The Balaban J connectivity index is 0.00000280. The van der Waals surface area contributed by atoms with Crippen LogP contribution in [-0.2, 0) is 16.0 Å². The van der Waals surface area contributed by atoms with Crippen LogP contribution in [0.25, 0.3) is 0 Å². The van der Waals surface area contributed by atoms with Crippen molar-refractivity contribution in [3.05, 3.63) is 65.4 Å². The van der Waals surface area contributed by atoms with Gasteiger partial charge in [-0.25, -0.2) is 13.8 Å². The van der Waals surface area contributed by atoms with Gasteiger partial charge in [0.2, 0.25) is 5.91 Å². The summed E-state index contributed by atoms with van der Waals surface area (Å²) in [6.45, 7) is 0. The normalized spacial score (nSPS) is 17.5. The fraction of sp³-hybridized carbons (Fsp3) is 0.263. The molecule has 0 spiro atoms. The largest absolute Gasteiger partial charge is 0.371 e. The minimum atomic E-state index is -2.50. The molecule has 0 saturated carbocycles. The molecule has 2 N–H and O–H groups in total. The molecule has 143 valence electrons. The van der Waals surface area contributed by atoms with Crippen LogP contribution < -0.4 is 10.6 Å². The molecule has 27 heavy (non-hydrogen) atoms. The smallest absolute Gasteiger partial charge is 0.263 e. The molecule has 0 atom stereocenters. The number of amidine groups is 1. The van der Waals surface area contributed by atoms with E-state index in [2.05, 4.69) is 15.7 Å². The molecule has 0 aromatic heterocycles. The zero-order valence-electron chi connectivity index (χ0n) is 14.7. The first-order chi connectivity index (χ1) is 12.9. The Bertz CT molecular complexity index is 839. The first-order valence-corrected chi connectivity index (χ1v) is 8.45. The molecule has 0 fully saturated rings. The molecule has 3 rings (SSSR count). The van der Waals surface area contributed by atoms with E-state index in [4.69, 9.17) is 0 Å². The Morgan fingerprint density at radius 2 is 2.19 bits per heavy atom. The Morgan fingerprint density at radius 3 is 2.85 bits per heavy atom. The molecular weight excluding hydrogens is 354 g/mol. The van der Waals surface area contributed by atoms with Gasteiger partial charge in [0.15, 0.2) is 6.04 Å². The molecule has 2 amide bonds. The number of allylic oxidation sites excluding steroid dienone is 2. The Labute approximate surface area is 157 Å². The molecule has 2 heterocycles. The summed E-state index contributed by atoms with van der Waals surface area (Å²) < 4.78 is 25.6. The van der Waals surface area contributed by atoms with Gasteiger partial charge in [0.1, 0.15) is 5.84 Å². The van der Waals surface area contributed by atoms with Gasteiger partial charge in [-0.05, 0) is 29.7 Å². The van der Waals surface area contributed by atoms with E-state index in [0.717, 1.165) is 11.1 Å². The monoisotopic (exact) mass is 375 g/mol. The van der Waals surface area contributed by atoms with E-state index in [9.17, 15) is 18.4 Å². The van der Waals surface area contributed by atoms with Crippen LogP contribution in [0.3, 0.4) is 0 Å². The maximum absolute atomic E-state index is 12.8. The Hall–Kier alpha value is -3.03. The lowest BCUT2D eigenvalue weighted by Gasteiger charge is -2.22. The number of halogens is 2. The quantitative estimate of drug-likeness (QED) is 0.850. The predicted octanol–water partition coefficient (Wildman–Crippen LogP) is 2.67. The predicted molar refractivity (Wildman–Crippen MR) is 98.4 cm³/mol. The summed E-state index contributed by atoms with van der Waals surface area (Å²) in [6, 6.07) is 6.60. The van der Waals surface area contributed by atoms with Gasteiger partial charge in [-0.2, -0.15) is 5.10 Å². The average molecular weight is 375 g/mol. The Kier molecular flexibility index (Phi) is 5.63. The van der Waals surface area contributed by atoms with E-state index >= 15 is 0 Å². The molecule has 6 nitrogen and oxygen atoms in total. The number of alkyl halides is 2. The summed E-state index contributed by atoms with van der Waals surface area (Å²) >= 11 is 0. The van der Waals surface area contributed by atoms with E-state index < -0.39 is 6.43 Å². The minimum Gasteiger partial charge on any atom is -0.371 e. The third-order valence-corrected chi connectivity index (χ3v) is 4.20. The van der Waals surface area contributed by atoms with E-state index in [1.54, 1.807) is 30.5 Å². The summed E-state index contributed by atoms with van der Waals surface area (Å²) in [5.74, 6) is -0.0223. The number of dihydropyridines is 1. The van der Waals surface area contributed by atoms with Gasteiger partial charge in [-0.15, -0.1) is 0 Å². The lowest BCUT2D eigenvalue weighted by molar-refractivity contribution is -0.130. The number of nitrogens with zero attached hydrogens (tertiary/aromatic N) is 2. The zero-order chi connectivity index (χ0) is 19.4. The first-order valence-electron chi connectivity index (χ1n) is 8.45.